The van der Waals surface area contributed by atoms with Gasteiger partial charge in [0, 0.05) is 0 Å². The lowest BCUT2D eigenvalue weighted by Crippen LogP contribution is -2.06. The molecule has 5 rings (SSSR count). The summed E-state index contributed by atoms with van der Waals surface area (Å²) >= 11 is 0. The molecule has 3 aromatic carbocycles. The lowest BCUT2D eigenvalue weighted by Gasteiger charge is -2.23. The minimum atomic E-state index is 0.440. The second-order valence-corrected chi connectivity index (χ2v) is 8.24. The summed E-state index contributed by atoms with van der Waals surface area (Å²) in [6.45, 7) is 8.57. The van der Waals surface area contributed by atoms with Crippen LogP contribution in [0.3, 0.4) is 0 Å². The van der Waals surface area contributed by atoms with E-state index in [-0.39, 0.29) is 0 Å². The highest BCUT2D eigenvalue weighted by Crippen LogP contribution is 2.48. The second kappa shape index (κ2) is 5.08. The van der Waals surface area contributed by atoms with E-state index < -0.39 is 0 Å². The van der Waals surface area contributed by atoms with E-state index in [4.69, 9.17) is 0 Å². The normalized spacial score (nSPS) is 17.0. The Labute approximate surface area is 150 Å². The average molecular weight is 324 g/mol. The molecule has 0 nitrogen and oxygen atoms in total. The molecule has 1 fully saturated rings. The third-order valence-electron chi connectivity index (χ3n) is 6.36. The van der Waals surface area contributed by atoms with Crippen molar-refractivity contribution in [3.05, 3.63) is 77.4 Å². The number of rotatable bonds is 2. The molecule has 0 aliphatic heterocycles. The van der Waals surface area contributed by atoms with Crippen molar-refractivity contribution in [1.29, 1.82) is 0 Å². The molecule has 2 aliphatic carbocycles. The topological polar surface area (TPSA) is 0 Å². The molecule has 0 radical (unpaired) electrons. The molecule has 0 amide bonds. The summed E-state index contributed by atoms with van der Waals surface area (Å²) in [5.41, 5.74) is 10.2. The summed E-state index contributed by atoms with van der Waals surface area (Å²) in [7, 11) is 0. The summed E-state index contributed by atoms with van der Waals surface area (Å²) in [6, 6.07) is 18.7. The molecule has 0 aromatic heterocycles. The lowest BCUT2D eigenvalue weighted by molar-refractivity contribution is 0.789. The van der Waals surface area contributed by atoms with Gasteiger partial charge >= 0.3 is 0 Å². The van der Waals surface area contributed by atoms with Crippen LogP contribution in [0.15, 0.2) is 55.1 Å². The van der Waals surface area contributed by atoms with Gasteiger partial charge in [-0.3, -0.25) is 0 Å². The molecule has 124 valence electrons. The van der Waals surface area contributed by atoms with E-state index in [0.29, 0.717) is 5.41 Å². The highest BCUT2D eigenvalue weighted by atomic mass is 14.4. The van der Waals surface area contributed by atoms with Gasteiger partial charge in [0.25, 0.3) is 0 Å². The molecule has 0 unspecified atom stereocenters. The van der Waals surface area contributed by atoms with Gasteiger partial charge < -0.3 is 0 Å². The van der Waals surface area contributed by atoms with E-state index in [0.717, 1.165) is 18.4 Å². The van der Waals surface area contributed by atoms with Crippen LogP contribution in [0.1, 0.15) is 48.9 Å². The van der Waals surface area contributed by atoms with Gasteiger partial charge in [0.05, 0.1) is 0 Å². The van der Waals surface area contributed by atoms with Crippen LogP contribution in [0, 0.1) is 0 Å². The van der Waals surface area contributed by atoms with Gasteiger partial charge in [-0.1, -0.05) is 67.6 Å². The molecule has 0 atom stereocenters. The van der Waals surface area contributed by atoms with Gasteiger partial charge in [-0.15, -0.1) is 0 Å². The summed E-state index contributed by atoms with van der Waals surface area (Å²) in [5, 5.41) is 2.85. The third-order valence-corrected chi connectivity index (χ3v) is 6.36. The van der Waals surface area contributed by atoms with Crippen LogP contribution in [-0.4, -0.2) is 0 Å². The number of aryl methyl sites for hydroxylation is 2. The first-order valence-corrected chi connectivity index (χ1v) is 9.40. The number of benzene rings is 3. The van der Waals surface area contributed by atoms with Crippen molar-refractivity contribution in [3.8, 4) is 11.1 Å². The minimum absolute atomic E-state index is 0.440. The van der Waals surface area contributed by atoms with Crippen molar-refractivity contribution < 1.29 is 0 Å². The van der Waals surface area contributed by atoms with E-state index in [1.165, 1.54) is 57.0 Å². The fourth-order valence-electron chi connectivity index (χ4n) is 4.36. The van der Waals surface area contributed by atoms with Crippen molar-refractivity contribution in [2.75, 3.05) is 0 Å². The first kappa shape index (κ1) is 15.0. The summed E-state index contributed by atoms with van der Waals surface area (Å²) < 4.78 is 0. The van der Waals surface area contributed by atoms with Crippen LogP contribution in [-0.2, 0) is 18.3 Å². The fraction of sp³-hybridized carbons (Fsp3) is 0.280. The van der Waals surface area contributed by atoms with E-state index in [1.807, 2.05) is 0 Å². The lowest BCUT2D eigenvalue weighted by atomic mass is 9.81. The zero-order chi connectivity index (χ0) is 17.2. The molecule has 2 aliphatic rings. The Bertz CT molecular complexity index is 1030. The summed E-state index contributed by atoms with van der Waals surface area (Å²) in [5.74, 6) is 0. The first-order chi connectivity index (χ1) is 12.0. The third kappa shape index (κ3) is 2.28. The SMILES string of the molecule is C=C(C)c1ccc2c(c1)CCc1c-2ccc2cc(C3(C)CC3)ccc12. The maximum absolute atomic E-state index is 4.09. The van der Waals surface area contributed by atoms with E-state index in [1.54, 1.807) is 0 Å². The van der Waals surface area contributed by atoms with E-state index in [2.05, 4.69) is 69.0 Å². The van der Waals surface area contributed by atoms with Crippen LogP contribution in [0.2, 0.25) is 0 Å². The minimum Gasteiger partial charge on any atom is -0.0955 e. The van der Waals surface area contributed by atoms with E-state index >= 15 is 0 Å². The predicted molar refractivity (Wildman–Crippen MR) is 108 cm³/mol. The summed E-state index contributed by atoms with van der Waals surface area (Å²) in [6.07, 6.45) is 4.93. The number of fused-ring (bicyclic) bond motifs is 5. The Morgan fingerprint density at radius 3 is 2.48 bits per heavy atom. The Balaban J connectivity index is 1.67. The smallest absolute Gasteiger partial charge is 0.00744 e. The van der Waals surface area contributed by atoms with Crippen molar-refractivity contribution in [3.63, 3.8) is 0 Å². The predicted octanol–water partition coefficient (Wildman–Crippen LogP) is 6.69. The molecular formula is C25H24. The van der Waals surface area contributed by atoms with Crippen molar-refractivity contribution in [2.24, 2.45) is 0 Å². The van der Waals surface area contributed by atoms with Gasteiger partial charge in [-0.05, 0) is 82.2 Å². The van der Waals surface area contributed by atoms with Gasteiger partial charge in [-0.25, -0.2) is 0 Å². The average Bonchev–Trinajstić information content (AvgIpc) is 3.38. The van der Waals surface area contributed by atoms with Crippen LogP contribution in [0.25, 0.3) is 27.5 Å². The highest BCUT2D eigenvalue weighted by molar-refractivity contribution is 5.94. The largest absolute Gasteiger partial charge is 0.0955 e. The van der Waals surface area contributed by atoms with Gasteiger partial charge in [0.1, 0.15) is 0 Å². The molecule has 0 N–H and O–H groups in total. The van der Waals surface area contributed by atoms with Crippen molar-refractivity contribution >= 4 is 16.3 Å². The summed E-state index contributed by atoms with van der Waals surface area (Å²) in [4.78, 5) is 0. The maximum atomic E-state index is 4.09. The fourth-order valence-corrected chi connectivity index (χ4v) is 4.36. The van der Waals surface area contributed by atoms with Crippen molar-refractivity contribution in [1.82, 2.24) is 0 Å². The number of allylic oxidation sites excluding steroid dienone is 1. The zero-order valence-electron chi connectivity index (χ0n) is 15.2. The second-order valence-electron chi connectivity index (χ2n) is 8.24. The van der Waals surface area contributed by atoms with E-state index in [9.17, 15) is 0 Å². The Morgan fingerprint density at radius 2 is 1.72 bits per heavy atom. The Kier molecular flexibility index (Phi) is 3.04. The molecule has 0 heteroatoms. The maximum Gasteiger partial charge on any atom is -0.00744 e. The molecule has 0 bridgehead atoms. The molecule has 0 heterocycles. The zero-order valence-corrected chi connectivity index (χ0v) is 15.2. The Hall–Kier alpha value is -2.34. The van der Waals surface area contributed by atoms with Crippen LogP contribution in [0.4, 0.5) is 0 Å². The number of hydrogen-bond acceptors (Lipinski definition) is 0. The first-order valence-electron chi connectivity index (χ1n) is 9.40. The van der Waals surface area contributed by atoms with Gasteiger partial charge in [0.15, 0.2) is 0 Å². The molecule has 0 saturated heterocycles. The molecule has 3 aromatic rings. The molecule has 0 spiro atoms. The van der Waals surface area contributed by atoms with Crippen LogP contribution in [0.5, 0.6) is 0 Å². The standard InChI is InChI=1S/C25H24/c1-16(2)17-4-8-21-18(14-17)5-9-24-22-11-7-20(25(3)12-13-25)15-19(22)6-10-23(21)24/h4,6-8,10-11,14-15H,1,5,9,12-13H2,2-3H3. The molecule has 25 heavy (non-hydrogen) atoms. The van der Waals surface area contributed by atoms with Gasteiger partial charge in [-0.2, -0.15) is 0 Å². The van der Waals surface area contributed by atoms with Crippen LogP contribution >= 0.6 is 0 Å². The highest BCUT2D eigenvalue weighted by Gasteiger charge is 2.39. The van der Waals surface area contributed by atoms with Crippen LogP contribution < -0.4 is 0 Å². The number of hydrogen-bond donors (Lipinski definition) is 0. The van der Waals surface area contributed by atoms with Gasteiger partial charge in [0.2, 0.25) is 0 Å². The van der Waals surface area contributed by atoms with Crippen molar-refractivity contribution in [2.45, 2.75) is 44.9 Å². The molecule has 1 saturated carbocycles. The quantitative estimate of drug-likeness (QED) is 0.492. The monoisotopic (exact) mass is 324 g/mol. The molecular weight excluding hydrogens is 300 g/mol. The Morgan fingerprint density at radius 1 is 0.920 bits per heavy atom.